The van der Waals surface area contributed by atoms with Gasteiger partial charge in [0.25, 0.3) is 0 Å². The molecule has 0 radical (unpaired) electrons. The summed E-state index contributed by atoms with van der Waals surface area (Å²) in [6, 6.07) is 22.9. The van der Waals surface area contributed by atoms with E-state index in [9.17, 15) is 0 Å². The quantitative estimate of drug-likeness (QED) is 0.302. The highest BCUT2D eigenvalue weighted by atomic mass is 32.1. The molecule has 36 heavy (non-hydrogen) atoms. The van der Waals surface area contributed by atoms with Crippen LogP contribution in [0.4, 0.5) is 5.69 Å². The maximum Gasteiger partial charge on any atom is 0.174 e. The Kier molecular flexibility index (Phi) is 6.54. The van der Waals surface area contributed by atoms with Crippen LogP contribution in [0.25, 0.3) is 5.69 Å². The van der Waals surface area contributed by atoms with Gasteiger partial charge in [0.05, 0.1) is 30.1 Å². The smallest absolute Gasteiger partial charge is 0.174 e. The molecule has 3 heterocycles. The number of nitrogens with one attached hydrogen (secondary N) is 1. The number of benzene rings is 2. The molecular formula is C30H32N4OS. The van der Waals surface area contributed by atoms with E-state index in [4.69, 9.17) is 21.9 Å². The number of hydrogen-bond acceptors (Lipinski definition) is 3. The Morgan fingerprint density at radius 1 is 0.944 bits per heavy atom. The predicted molar refractivity (Wildman–Crippen MR) is 150 cm³/mol. The number of ether oxygens (including phenoxy) is 1. The molecule has 0 aliphatic carbocycles. The van der Waals surface area contributed by atoms with Crippen molar-refractivity contribution in [2.45, 2.75) is 46.7 Å². The molecule has 2 atom stereocenters. The van der Waals surface area contributed by atoms with Crippen LogP contribution in [0, 0.1) is 27.7 Å². The Morgan fingerprint density at radius 3 is 2.31 bits per heavy atom. The van der Waals surface area contributed by atoms with Gasteiger partial charge in [-0.1, -0.05) is 24.3 Å². The van der Waals surface area contributed by atoms with Gasteiger partial charge < -0.3 is 19.5 Å². The summed E-state index contributed by atoms with van der Waals surface area (Å²) in [4.78, 5) is 6.93. The van der Waals surface area contributed by atoms with Crippen LogP contribution in [0.2, 0.25) is 0 Å². The molecule has 1 fully saturated rings. The molecule has 0 saturated carbocycles. The fourth-order valence-electron chi connectivity index (χ4n) is 5.41. The van der Waals surface area contributed by atoms with Crippen molar-refractivity contribution in [2.75, 3.05) is 11.5 Å². The third-order valence-corrected chi connectivity index (χ3v) is 7.29. The van der Waals surface area contributed by atoms with Crippen molar-refractivity contribution in [3.05, 3.63) is 107 Å². The molecule has 1 saturated heterocycles. The predicted octanol–water partition coefficient (Wildman–Crippen LogP) is 6.68. The fraction of sp³-hybridized carbons (Fsp3) is 0.267. The number of aryl methyl sites for hydroxylation is 3. The van der Waals surface area contributed by atoms with Crippen LogP contribution in [0.3, 0.4) is 0 Å². The van der Waals surface area contributed by atoms with Gasteiger partial charge in [-0.05, 0) is 106 Å². The largest absolute Gasteiger partial charge is 0.494 e. The first kappa shape index (κ1) is 24.1. The molecule has 184 valence electrons. The maximum absolute atomic E-state index is 5.93. The monoisotopic (exact) mass is 496 g/mol. The van der Waals surface area contributed by atoms with E-state index in [0.29, 0.717) is 11.7 Å². The number of rotatable bonds is 6. The maximum atomic E-state index is 5.93. The number of para-hydroxylation sites is 1. The van der Waals surface area contributed by atoms with Crippen molar-refractivity contribution in [1.82, 2.24) is 14.9 Å². The Labute approximate surface area is 218 Å². The van der Waals surface area contributed by atoms with E-state index in [1.54, 1.807) is 0 Å². The number of anilines is 1. The molecule has 0 unspecified atom stereocenters. The van der Waals surface area contributed by atoms with E-state index >= 15 is 0 Å². The first-order chi connectivity index (χ1) is 17.4. The molecule has 1 aliphatic heterocycles. The minimum atomic E-state index is -0.0859. The van der Waals surface area contributed by atoms with Gasteiger partial charge in [0.15, 0.2) is 5.11 Å². The number of thiocarbonyl (C=S) groups is 1. The molecule has 0 spiro atoms. The van der Waals surface area contributed by atoms with E-state index in [1.807, 2.05) is 37.4 Å². The van der Waals surface area contributed by atoms with E-state index in [2.05, 4.69) is 84.9 Å². The average molecular weight is 497 g/mol. The molecule has 4 aromatic rings. The second-order valence-corrected chi connectivity index (χ2v) is 9.71. The van der Waals surface area contributed by atoms with Crippen molar-refractivity contribution in [3.63, 3.8) is 0 Å². The van der Waals surface area contributed by atoms with E-state index in [1.165, 1.54) is 33.8 Å². The van der Waals surface area contributed by atoms with Crippen molar-refractivity contribution in [1.29, 1.82) is 0 Å². The zero-order valence-corrected chi connectivity index (χ0v) is 22.3. The highest BCUT2D eigenvalue weighted by molar-refractivity contribution is 7.80. The van der Waals surface area contributed by atoms with Gasteiger partial charge in [-0.2, -0.15) is 0 Å². The normalized spacial score (nSPS) is 17.4. The van der Waals surface area contributed by atoms with Gasteiger partial charge in [0, 0.05) is 23.3 Å². The summed E-state index contributed by atoms with van der Waals surface area (Å²) in [6.07, 6.45) is 1.84. The Hall–Kier alpha value is -3.64. The number of aromatic nitrogens is 2. The fourth-order valence-corrected chi connectivity index (χ4v) is 5.75. The highest BCUT2D eigenvalue weighted by Crippen LogP contribution is 2.44. The van der Waals surface area contributed by atoms with Gasteiger partial charge in [0.2, 0.25) is 0 Å². The molecule has 2 aromatic carbocycles. The molecule has 1 aliphatic rings. The van der Waals surface area contributed by atoms with Gasteiger partial charge in [-0.25, -0.2) is 0 Å². The van der Waals surface area contributed by atoms with E-state index < -0.39 is 0 Å². The van der Waals surface area contributed by atoms with Crippen LogP contribution in [0.5, 0.6) is 5.75 Å². The lowest BCUT2D eigenvalue weighted by molar-refractivity contribution is 0.340. The topological polar surface area (TPSA) is 42.3 Å². The van der Waals surface area contributed by atoms with Gasteiger partial charge in [-0.15, -0.1) is 0 Å². The third kappa shape index (κ3) is 4.16. The van der Waals surface area contributed by atoms with Crippen LogP contribution in [0.1, 0.15) is 52.8 Å². The van der Waals surface area contributed by atoms with Gasteiger partial charge >= 0.3 is 0 Å². The highest BCUT2D eigenvalue weighted by Gasteiger charge is 2.42. The van der Waals surface area contributed by atoms with Crippen LogP contribution in [-0.4, -0.2) is 21.3 Å². The summed E-state index contributed by atoms with van der Waals surface area (Å²) in [5.41, 5.74) is 9.39. The van der Waals surface area contributed by atoms with Crippen LogP contribution in [0.15, 0.2) is 72.9 Å². The van der Waals surface area contributed by atoms with Crippen molar-refractivity contribution < 1.29 is 4.74 Å². The summed E-state index contributed by atoms with van der Waals surface area (Å²) in [7, 11) is 0. The molecule has 0 amide bonds. The zero-order chi connectivity index (χ0) is 25.4. The number of nitrogens with zero attached hydrogens (tertiary/aromatic N) is 3. The minimum absolute atomic E-state index is 0.0605. The number of hydrogen-bond donors (Lipinski definition) is 1. The zero-order valence-electron chi connectivity index (χ0n) is 21.4. The standard InChI is InChI=1S/C30H32N4OS/c1-6-35-24-15-13-23(14-16-24)34-29(27(32-30(34)36)26-12-7-8-17-31-26)25-18-21(4)33(22(25)5)28-19(2)10-9-11-20(28)3/h7-18,27,29H,6H2,1-5H3,(H,32,36)/t27-,29-/m0/s1. The molecule has 1 N–H and O–H groups in total. The second kappa shape index (κ2) is 9.78. The molecule has 5 nitrogen and oxygen atoms in total. The first-order valence-corrected chi connectivity index (χ1v) is 12.8. The van der Waals surface area contributed by atoms with Crippen LogP contribution < -0.4 is 15.0 Å². The van der Waals surface area contributed by atoms with Crippen molar-refractivity contribution in [2.24, 2.45) is 0 Å². The third-order valence-electron chi connectivity index (χ3n) is 6.98. The summed E-state index contributed by atoms with van der Waals surface area (Å²) in [5.74, 6) is 0.852. The summed E-state index contributed by atoms with van der Waals surface area (Å²) < 4.78 is 8.06. The average Bonchev–Trinajstić information content (AvgIpc) is 3.36. The Bertz CT molecular complexity index is 1370. The molecule has 5 rings (SSSR count). The number of pyridine rings is 1. The van der Waals surface area contributed by atoms with Gasteiger partial charge in [-0.3, -0.25) is 4.98 Å². The van der Waals surface area contributed by atoms with Crippen LogP contribution >= 0.6 is 12.2 Å². The lowest BCUT2D eigenvalue weighted by Crippen LogP contribution is -2.29. The summed E-state index contributed by atoms with van der Waals surface area (Å²) in [5, 5.41) is 4.27. The Balaban J connectivity index is 1.67. The van der Waals surface area contributed by atoms with E-state index in [0.717, 1.165) is 17.1 Å². The lowest BCUT2D eigenvalue weighted by Gasteiger charge is -2.28. The molecule has 6 heteroatoms. The van der Waals surface area contributed by atoms with Gasteiger partial charge in [0.1, 0.15) is 5.75 Å². The van der Waals surface area contributed by atoms with E-state index in [-0.39, 0.29) is 12.1 Å². The molecular weight excluding hydrogens is 464 g/mol. The molecule has 2 aromatic heterocycles. The first-order valence-electron chi connectivity index (χ1n) is 12.4. The summed E-state index contributed by atoms with van der Waals surface area (Å²) >= 11 is 5.93. The summed E-state index contributed by atoms with van der Waals surface area (Å²) in [6.45, 7) is 11.4. The Morgan fingerprint density at radius 2 is 1.67 bits per heavy atom. The molecule has 0 bridgehead atoms. The van der Waals surface area contributed by atoms with Crippen molar-refractivity contribution >= 4 is 23.0 Å². The SMILES string of the molecule is CCOc1ccc(N2C(=S)N[C@@H](c3ccccn3)[C@@H]2c2cc(C)n(-c3c(C)cccc3C)c2C)cc1. The minimum Gasteiger partial charge on any atom is -0.494 e. The van der Waals surface area contributed by atoms with Crippen molar-refractivity contribution in [3.8, 4) is 11.4 Å². The van der Waals surface area contributed by atoms with Crippen LogP contribution in [-0.2, 0) is 0 Å². The second-order valence-electron chi connectivity index (χ2n) is 9.33. The lowest BCUT2D eigenvalue weighted by atomic mass is 9.96.